The lowest BCUT2D eigenvalue weighted by Gasteiger charge is -2.39. The quantitative estimate of drug-likeness (QED) is 0.312. The molecule has 0 radical (unpaired) electrons. The van der Waals surface area contributed by atoms with E-state index in [0.29, 0.717) is 19.0 Å². The van der Waals surface area contributed by atoms with Crippen molar-refractivity contribution in [2.45, 2.75) is 42.9 Å². The number of aliphatic hydroxyl groups excluding tert-OH is 4. The van der Waals surface area contributed by atoms with Crippen LogP contribution in [0.1, 0.15) is 23.3 Å². The van der Waals surface area contributed by atoms with Gasteiger partial charge in [0.15, 0.2) is 23.0 Å². The Morgan fingerprint density at radius 1 is 0.769 bits per heavy atom. The summed E-state index contributed by atoms with van der Waals surface area (Å²) in [6, 6.07) is 8.65. The summed E-state index contributed by atoms with van der Waals surface area (Å²) in [6.45, 7) is 0.327. The molecule has 3 fully saturated rings. The van der Waals surface area contributed by atoms with Crippen molar-refractivity contribution in [3.63, 3.8) is 0 Å². The first kappa shape index (κ1) is 27.7. The summed E-state index contributed by atoms with van der Waals surface area (Å²) >= 11 is 0. The molecule has 5 N–H and O–H groups in total. The number of fused-ring (bicyclic) bond motifs is 1. The van der Waals surface area contributed by atoms with Crippen molar-refractivity contribution in [3.05, 3.63) is 41.5 Å². The van der Waals surface area contributed by atoms with Crippen molar-refractivity contribution in [1.82, 2.24) is 0 Å². The summed E-state index contributed by atoms with van der Waals surface area (Å²) in [5.41, 5.74) is 1.66. The summed E-state index contributed by atoms with van der Waals surface area (Å²) in [5, 5.41) is 50.1. The zero-order valence-corrected chi connectivity index (χ0v) is 21.8. The van der Waals surface area contributed by atoms with Gasteiger partial charge in [0, 0.05) is 11.8 Å². The first-order chi connectivity index (χ1) is 18.8. The number of benzene rings is 2. The third-order valence-electron chi connectivity index (χ3n) is 7.69. The van der Waals surface area contributed by atoms with E-state index in [4.69, 9.17) is 33.2 Å². The van der Waals surface area contributed by atoms with Crippen molar-refractivity contribution in [2.24, 2.45) is 11.8 Å². The standard InChI is InChI=1S/C27H34O12/c1-33-17-6-12(4-5-16(17)29)24-14-10-37-25(15(14)11-36-24)13-7-18(34-2)26(19(8-13)35-3)39-27-23(32)22(31)21(30)20(9-28)38-27/h4-8,14-15,20-25,27-32H,9-11H2,1-3H3/t14-,15-,20+,21+,22-,23+,24+,25+,27-/m0/s1. The lowest BCUT2D eigenvalue weighted by atomic mass is 9.84. The lowest BCUT2D eigenvalue weighted by molar-refractivity contribution is -0.277. The number of methoxy groups -OCH3 is 3. The number of phenols is 1. The first-order valence-electron chi connectivity index (χ1n) is 12.6. The van der Waals surface area contributed by atoms with Crippen LogP contribution in [0.4, 0.5) is 0 Å². The smallest absolute Gasteiger partial charge is 0.229 e. The van der Waals surface area contributed by atoms with E-state index in [2.05, 4.69) is 0 Å². The van der Waals surface area contributed by atoms with Gasteiger partial charge in [-0.05, 0) is 35.4 Å². The van der Waals surface area contributed by atoms with Gasteiger partial charge >= 0.3 is 0 Å². The maximum Gasteiger partial charge on any atom is 0.229 e. The zero-order valence-electron chi connectivity index (χ0n) is 21.8. The highest BCUT2D eigenvalue weighted by Crippen LogP contribution is 2.53. The Labute approximate surface area is 225 Å². The second kappa shape index (κ2) is 11.3. The van der Waals surface area contributed by atoms with Crippen LogP contribution in [0.25, 0.3) is 0 Å². The molecule has 0 bridgehead atoms. The third-order valence-corrected chi connectivity index (χ3v) is 7.69. The minimum Gasteiger partial charge on any atom is -0.504 e. The molecule has 39 heavy (non-hydrogen) atoms. The maximum atomic E-state index is 10.4. The van der Waals surface area contributed by atoms with Crippen molar-refractivity contribution < 1.29 is 58.7 Å². The number of ether oxygens (including phenoxy) is 7. The fourth-order valence-corrected chi connectivity index (χ4v) is 5.57. The number of aliphatic hydroxyl groups is 4. The average Bonchev–Trinajstić information content (AvgIpc) is 3.56. The van der Waals surface area contributed by atoms with E-state index in [1.54, 1.807) is 24.3 Å². The molecule has 12 nitrogen and oxygen atoms in total. The maximum absolute atomic E-state index is 10.4. The highest BCUT2D eigenvalue weighted by molar-refractivity contribution is 5.55. The Morgan fingerprint density at radius 2 is 1.33 bits per heavy atom. The third kappa shape index (κ3) is 4.97. The molecule has 0 saturated carbocycles. The molecular formula is C27H34O12. The SMILES string of the molecule is COc1cc([C@H]2OC[C@H]3[C@@H]2CO[C@@H]3c2cc(OC)c(O[C@@H]3O[C@H](CO)[C@@H](O)[C@H](O)[C@H]3O)c(OC)c2)ccc1O. The summed E-state index contributed by atoms with van der Waals surface area (Å²) < 4.78 is 40.2. The van der Waals surface area contributed by atoms with Crippen LogP contribution in [0.15, 0.2) is 30.3 Å². The fourth-order valence-electron chi connectivity index (χ4n) is 5.57. The normalized spacial score (nSPS) is 34.0. The second-order valence-corrected chi connectivity index (χ2v) is 9.84. The van der Waals surface area contributed by atoms with Gasteiger partial charge in [-0.3, -0.25) is 0 Å². The summed E-state index contributed by atoms with van der Waals surface area (Å²) in [4.78, 5) is 0. The summed E-state index contributed by atoms with van der Waals surface area (Å²) in [5.74, 6) is 1.17. The van der Waals surface area contributed by atoms with Crippen LogP contribution in [-0.4, -0.2) is 97.4 Å². The van der Waals surface area contributed by atoms with Crippen LogP contribution < -0.4 is 18.9 Å². The van der Waals surface area contributed by atoms with Gasteiger partial charge in [-0.2, -0.15) is 0 Å². The van der Waals surface area contributed by atoms with Gasteiger partial charge in [-0.25, -0.2) is 0 Å². The molecule has 9 atom stereocenters. The molecule has 2 aromatic rings. The van der Waals surface area contributed by atoms with Crippen LogP contribution >= 0.6 is 0 Å². The zero-order chi connectivity index (χ0) is 27.8. The molecule has 2 aromatic carbocycles. The van der Waals surface area contributed by atoms with E-state index in [1.807, 2.05) is 6.07 Å². The van der Waals surface area contributed by atoms with E-state index in [1.165, 1.54) is 21.3 Å². The van der Waals surface area contributed by atoms with Crippen molar-refractivity contribution in [1.29, 1.82) is 0 Å². The van der Waals surface area contributed by atoms with E-state index < -0.39 is 37.3 Å². The van der Waals surface area contributed by atoms with Gasteiger partial charge in [-0.15, -0.1) is 0 Å². The average molecular weight is 551 g/mol. The Morgan fingerprint density at radius 3 is 1.90 bits per heavy atom. The molecule has 0 amide bonds. The van der Waals surface area contributed by atoms with Crippen molar-refractivity contribution in [3.8, 4) is 28.7 Å². The molecule has 5 rings (SSSR count). The molecule has 12 heteroatoms. The van der Waals surface area contributed by atoms with Gasteiger partial charge in [0.1, 0.15) is 24.4 Å². The lowest BCUT2D eigenvalue weighted by Crippen LogP contribution is -2.60. The number of hydrogen-bond donors (Lipinski definition) is 5. The number of phenolic OH excluding ortho intramolecular Hbond substituents is 1. The summed E-state index contributed by atoms with van der Waals surface area (Å²) in [7, 11) is 4.39. The van der Waals surface area contributed by atoms with Gasteiger partial charge in [0.05, 0.1) is 53.4 Å². The van der Waals surface area contributed by atoms with Crippen LogP contribution in [0, 0.1) is 11.8 Å². The first-order valence-corrected chi connectivity index (χ1v) is 12.6. The fraction of sp³-hybridized carbons (Fsp3) is 0.556. The molecule has 3 aliphatic rings. The molecule has 3 aliphatic heterocycles. The minimum absolute atomic E-state index is 0.0291. The molecule has 0 aromatic heterocycles. The van der Waals surface area contributed by atoms with Gasteiger partial charge in [0.25, 0.3) is 0 Å². The highest BCUT2D eigenvalue weighted by atomic mass is 16.7. The monoisotopic (exact) mass is 550 g/mol. The van der Waals surface area contributed by atoms with Crippen LogP contribution in [0.2, 0.25) is 0 Å². The van der Waals surface area contributed by atoms with Gasteiger partial charge < -0.3 is 58.7 Å². The predicted octanol–water partition coefficient (Wildman–Crippen LogP) is 0.672. The molecule has 0 unspecified atom stereocenters. The molecule has 0 aliphatic carbocycles. The Kier molecular flexibility index (Phi) is 8.06. The van der Waals surface area contributed by atoms with Gasteiger partial charge in [0.2, 0.25) is 12.0 Å². The van der Waals surface area contributed by atoms with E-state index in [-0.39, 0.29) is 47.0 Å². The van der Waals surface area contributed by atoms with Crippen LogP contribution in [-0.2, 0) is 14.2 Å². The van der Waals surface area contributed by atoms with E-state index >= 15 is 0 Å². The largest absolute Gasteiger partial charge is 0.504 e. The molecule has 3 heterocycles. The Bertz CT molecular complexity index is 1130. The molecule has 0 spiro atoms. The van der Waals surface area contributed by atoms with E-state index in [9.17, 15) is 25.5 Å². The molecule has 214 valence electrons. The number of rotatable bonds is 8. The van der Waals surface area contributed by atoms with Crippen molar-refractivity contribution >= 4 is 0 Å². The number of aromatic hydroxyl groups is 1. The predicted molar refractivity (Wildman–Crippen MR) is 133 cm³/mol. The Hall–Kier alpha value is -2.84. The molecule has 3 saturated heterocycles. The van der Waals surface area contributed by atoms with Crippen LogP contribution in [0.3, 0.4) is 0 Å². The summed E-state index contributed by atoms with van der Waals surface area (Å²) in [6.07, 6.45) is -7.80. The van der Waals surface area contributed by atoms with Gasteiger partial charge in [-0.1, -0.05) is 6.07 Å². The van der Waals surface area contributed by atoms with Crippen molar-refractivity contribution in [2.75, 3.05) is 41.2 Å². The van der Waals surface area contributed by atoms with Crippen LogP contribution in [0.5, 0.6) is 28.7 Å². The Balaban J connectivity index is 1.38. The number of hydrogen-bond acceptors (Lipinski definition) is 12. The minimum atomic E-state index is -1.60. The highest BCUT2D eigenvalue weighted by Gasteiger charge is 2.49. The second-order valence-electron chi connectivity index (χ2n) is 9.84. The molecular weight excluding hydrogens is 516 g/mol. The van der Waals surface area contributed by atoms with E-state index in [0.717, 1.165) is 11.1 Å². The topological polar surface area (TPSA) is 166 Å².